The molecule has 0 saturated carbocycles. The Labute approximate surface area is 62.3 Å². The summed E-state index contributed by atoms with van der Waals surface area (Å²) in [7, 11) is 0. The maximum atomic E-state index is 10.1. The lowest BCUT2D eigenvalue weighted by molar-refractivity contribution is -0.137. The first-order valence-electron chi connectivity index (χ1n) is 3.58. The van der Waals surface area contributed by atoms with Crippen molar-refractivity contribution in [3.05, 3.63) is 0 Å². The van der Waals surface area contributed by atoms with Gasteiger partial charge < -0.3 is 21.2 Å². The first kappa shape index (κ1) is 5.48. The number of carboxylic acids is 1. The molecule has 0 rings (SSSR count). The van der Waals surface area contributed by atoms with Crippen molar-refractivity contribution in [1.29, 1.82) is 5.41 Å². The number of guanidine groups is 1. The largest absolute Gasteiger partial charge is 0.480 e. The molecular formula is C4H11N3O3. The third-order valence-corrected chi connectivity index (χ3v) is 0.584. The number of carboxylic acid groups (broad SMARTS) is 1. The van der Waals surface area contributed by atoms with E-state index in [1.165, 1.54) is 0 Å². The number of carbonyl (C=O) groups is 1. The highest BCUT2D eigenvalue weighted by molar-refractivity contribution is 5.79. The Morgan fingerprint density at radius 2 is 2.50 bits per heavy atom. The van der Waals surface area contributed by atoms with Gasteiger partial charge in [-0.25, -0.2) is 0 Å². The first-order chi connectivity index (χ1) is 5.25. The highest BCUT2D eigenvalue weighted by atomic mass is 16.5. The van der Waals surface area contributed by atoms with Crippen LogP contribution in [-0.4, -0.2) is 40.9 Å². The molecule has 0 bridgehead atoms. The molecule has 0 saturated heterocycles. The average Bonchev–Trinajstić information content (AvgIpc) is 1.79. The molecule has 60 valence electrons. The zero-order valence-corrected chi connectivity index (χ0v) is 5.09. The fourth-order valence-electron chi connectivity index (χ4n) is 0.220. The summed E-state index contributed by atoms with van der Waals surface area (Å²) in [5.41, 5.74) is 4.86. The normalized spacial score (nSPS) is 13.4. The first-order valence-corrected chi connectivity index (χ1v) is 2.08. The minimum absolute atomic E-state index is 0. The van der Waals surface area contributed by atoms with Crippen molar-refractivity contribution in [2.75, 3.05) is 13.5 Å². The highest BCUT2D eigenvalue weighted by Gasteiger charge is 2.03. The van der Waals surface area contributed by atoms with Crippen LogP contribution in [0, 0.1) is 5.41 Å². The van der Waals surface area contributed by atoms with E-state index < -0.39 is 25.4 Å². The van der Waals surface area contributed by atoms with Gasteiger partial charge in [0.15, 0.2) is 5.96 Å². The van der Waals surface area contributed by atoms with E-state index in [9.17, 15) is 4.79 Å². The van der Waals surface area contributed by atoms with Crippen molar-refractivity contribution in [3.8, 4) is 0 Å². The van der Waals surface area contributed by atoms with Gasteiger partial charge in [0.1, 0.15) is 6.54 Å². The van der Waals surface area contributed by atoms with Gasteiger partial charge >= 0.3 is 5.97 Å². The Kier molecular flexibility index (Phi) is 2.50. The van der Waals surface area contributed by atoms with Gasteiger partial charge in [0.05, 0.1) is 0 Å². The van der Waals surface area contributed by atoms with Gasteiger partial charge in [-0.2, -0.15) is 0 Å². The van der Waals surface area contributed by atoms with Gasteiger partial charge in [0.2, 0.25) is 0 Å². The number of aliphatic carboxylic acids is 1. The van der Waals surface area contributed by atoms with E-state index in [2.05, 4.69) is 0 Å². The van der Waals surface area contributed by atoms with Crippen LogP contribution in [0.4, 0.5) is 0 Å². The van der Waals surface area contributed by atoms with Crippen LogP contribution in [0.1, 0.15) is 4.11 Å². The van der Waals surface area contributed by atoms with E-state index in [0.29, 0.717) is 4.90 Å². The molecule has 0 heterocycles. The van der Waals surface area contributed by atoms with Crippen LogP contribution < -0.4 is 5.73 Å². The third kappa shape index (κ3) is 4.85. The standard InChI is InChI=1S/C4H9N3O2.H2O/c1-7(4(5)6)2-3(8)9;/h2H2,1H3,(H3,5,6)(H,8,9);1H2/i1+1D3,2+1,3+1;. The van der Waals surface area contributed by atoms with Crippen molar-refractivity contribution in [2.24, 2.45) is 5.73 Å². The molecule has 10 heavy (non-hydrogen) atoms. The van der Waals surface area contributed by atoms with E-state index >= 15 is 0 Å². The average molecular weight is 155 g/mol. The molecule has 0 fully saturated rings. The fraction of sp³-hybridized carbons (Fsp3) is 0.500. The Bertz CT molecular complexity index is 205. The Morgan fingerprint density at radius 3 is 2.60 bits per heavy atom. The van der Waals surface area contributed by atoms with Crippen molar-refractivity contribution in [1.82, 2.24) is 4.90 Å². The maximum absolute atomic E-state index is 10.1. The molecule has 0 atom stereocenters. The summed E-state index contributed by atoms with van der Waals surface area (Å²) in [4.78, 5) is 10.4. The van der Waals surface area contributed by atoms with Crippen molar-refractivity contribution < 1.29 is 19.5 Å². The molecule has 0 radical (unpaired) electrons. The molecule has 0 aromatic heterocycles. The molecule has 6 N–H and O–H groups in total. The molecule has 0 aromatic rings. The number of nitrogens with zero attached hydrogens (tertiary/aromatic N) is 1. The van der Waals surface area contributed by atoms with Gasteiger partial charge in [-0.1, -0.05) is 0 Å². The molecule has 0 amide bonds. The van der Waals surface area contributed by atoms with E-state index in [0.717, 1.165) is 0 Å². The predicted octanol–water partition coefficient (Wildman–Crippen LogP) is -1.93. The Hall–Kier alpha value is -1.30. The minimum Gasteiger partial charge on any atom is -0.480 e. The number of rotatable bonds is 2. The van der Waals surface area contributed by atoms with Crippen molar-refractivity contribution in [3.63, 3.8) is 0 Å². The third-order valence-electron chi connectivity index (χ3n) is 0.584. The van der Waals surface area contributed by atoms with Crippen LogP contribution in [-0.2, 0) is 4.79 Å². The summed E-state index contributed by atoms with van der Waals surface area (Å²) in [6.45, 7) is -3.48. The summed E-state index contributed by atoms with van der Waals surface area (Å²) < 4.78 is 20.4. The van der Waals surface area contributed by atoms with Crippen molar-refractivity contribution in [2.45, 2.75) is 0 Å². The maximum Gasteiger partial charge on any atom is 0.323 e. The van der Waals surface area contributed by atoms with E-state index in [4.69, 9.17) is 20.4 Å². The molecule has 6 nitrogen and oxygen atoms in total. The summed E-state index contributed by atoms with van der Waals surface area (Å²) >= 11 is 0. The molecular weight excluding hydrogens is 141 g/mol. The van der Waals surface area contributed by atoms with Crippen LogP contribution in [0.15, 0.2) is 0 Å². The predicted molar refractivity (Wildman–Crippen MR) is 35.8 cm³/mol. The van der Waals surface area contributed by atoms with Crippen LogP contribution in [0.2, 0.25) is 0 Å². The monoisotopic (exact) mass is 155 g/mol. The molecule has 0 aliphatic heterocycles. The summed E-state index contributed by atoms with van der Waals surface area (Å²) in [6, 6.07) is 0. The van der Waals surface area contributed by atoms with E-state index in [1.54, 1.807) is 0 Å². The summed E-state index contributed by atoms with van der Waals surface area (Å²) in [5.74, 6) is -2.13. The van der Waals surface area contributed by atoms with Crippen LogP contribution in [0.25, 0.3) is 0 Å². The lowest BCUT2D eigenvalue weighted by Gasteiger charge is -2.12. The van der Waals surface area contributed by atoms with Gasteiger partial charge in [-0.05, 0) is 0 Å². The van der Waals surface area contributed by atoms with E-state index in [1.807, 2.05) is 0 Å². The zero-order valence-electron chi connectivity index (χ0n) is 8.09. The second-order valence-electron chi connectivity index (χ2n) is 1.37. The number of hydrogen-bond donors (Lipinski definition) is 3. The van der Waals surface area contributed by atoms with Crippen LogP contribution >= 0.6 is 0 Å². The number of nitrogens with one attached hydrogen (secondary N) is 1. The zero-order chi connectivity index (χ0) is 9.94. The summed E-state index contributed by atoms with van der Waals surface area (Å²) in [5, 5.41) is 15.0. The molecule has 0 unspecified atom stereocenters. The van der Waals surface area contributed by atoms with Crippen LogP contribution in [0.5, 0.6) is 0 Å². The number of hydrogen-bond acceptors (Lipinski definition) is 2. The smallest absolute Gasteiger partial charge is 0.323 e. The second-order valence-corrected chi connectivity index (χ2v) is 1.37. The SMILES string of the molecule is O.[2H][13C]([2H])([2H])N([13CH2][13C](=O)O)C(=N)N. The van der Waals surface area contributed by atoms with E-state index in [-0.39, 0.29) is 5.48 Å². The second kappa shape index (κ2) is 4.57. The molecule has 0 aromatic carbocycles. The molecule has 0 aliphatic carbocycles. The topological polar surface area (TPSA) is 122 Å². The lowest BCUT2D eigenvalue weighted by Crippen LogP contribution is -2.36. The number of nitrogens with two attached hydrogens (primary N) is 1. The van der Waals surface area contributed by atoms with Gasteiger partial charge in [-0.3, -0.25) is 10.2 Å². The van der Waals surface area contributed by atoms with Gasteiger partial charge in [0, 0.05) is 11.1 Å². The minimum atomic E-state index is -2.68. The van der Waals surface area contributed by atoms with Gasteiger partial charge in [0.25, 0.3) is 0 Å². The molecule has 0 aliphatic rings. The molecule has 0 spiro atoms. The Morgan fingerprint density at radius 1 is 2.00 bits per heavy atom. The van der Waals surface area contributed by atoms with Gasteiger partial charge in [-0.15, -0.1) is 0 Å². The summed E-state index contributed by atoms with van der Waals surface area (Å²) in [6.07, 6.45) is 0. The Balaban J connectivity index is 0. The lowest BCUT2D eigenvalue weighted by atomic mass is 11.0. The number of likely N-dealkylation sites (N-methyl/N-ethyl adjacent to an activating group) is 1. The van der Waals surface area contributed by atoms with Crippen LogP contribution in [0.3, 0.4) is 0 Å². The highest BCUT2D eigenvalue weighted by Crippen LogP contribution is 1.76. The fourth-order valence-corrected chi connectivity index (χ4v) is 0.220. The quantitative estimate of drug-likeness (QED) is 0.244. The van der Waals surface area contributed by atoms with Crippen molar-refractivity contribution >= 4 is 11.9 Å². The molecule has 6 heteroatoms.